The highest BCUT2D eigenvalue weighted by Crippen LogP contribution is 2.22. The van der Waals surface area contributed by atoms with Crippen molar-refractivity contribution in [2.24, 2.45) is 5.41 Å². The lowest BCUT2D eigenvalue weighted by molar-refractivity contribution is 0.211. The fraction of sp³-hybridized carbons (Fsp3) is 1.00. The Morgan fingerprint density at radius 2 is 2.07 bits per heavy atom. The van der Waals surface area contributed by atoms with Crippen LogP contribution in [-0.4, -0.2) is 55.3 Å². The van der Waals surface area contributed by atoms with Gasteiger partial charge in [-0.2, -0.15) is 12.6 Å². The van der Waals surface area contributed by atoms with E-state index in [9.17, 15) is 0 Å². The summed E-state index contributed by atoms with van der Waals surface area (Å²) in [7, 11) is 4.36. The first-order valence-electron chi connectivity index (χ1n) is 5.44. The third kappa shape index (κ3) is 3.44. The van der Waals surface area contributed by atoms with Crippen LogP contribution in [0.3, 0.4) is 0 Å². The van der Waals surface area contributed by atoms with Crippen LogP contribution in [0.4, 0.5) is 0 Å². The Balaban J connectivity index is 2.36. The van der Waals surface area contributed by atoms with E-state index in [1.54, 1.807) is 0 Å². The van der Waals surface area contributed by atoms with Crippen LogP contribution < -0.4 is 0 Å². The Hall–Kier alpha value is 0.270. The number of hydrogen-bond donors (Lipinski definition) is 1. The standard InChI is InChI=1S/C11H24N2S/c1-11(2,9-14)8-13-6-5-10(7-13)12(3)4/h10,14H,5-9H2,1-4H3. The Morgan fingerprint density at radius 1 is 1.43 bits per heavy atom. The zero-order valence-corrected chi connectivity index (χ0v) is 10.8. The van der Waals surface area contributed by atoms with Gasteiger partial charge in [0.15, 0.2) is 0 Å². The van der Waals surface area contributed by atoms with E-state index < -0.39 is 0 Å². The molecule has 1 atom stereocenters. The van der Waals surface area contributed by atoms with E-state index in [2.05, 4.69) is 50.4 Å². The van der Waals surface area contributed by atoms with E-state index in [1.807, 2.05) is 0 Å². The minimum atomic E-state index is 0.352. The first-order chi connectivity index (χ1) is 6.44. The Bertz CT molecular complexity index is 180. The normalized spacial score (nSPS) is 24.9. The van der Waals surface area contributed by atoms with Crippen LogP contribution in [0.5, 0.6) is 0 Å². The predicted octanol–water partition coefficient (Wildman–Crippen LogP) is 1.58. The van der Waals surface area contributed by atoms with Crippen molar-refractivity contribution in [1.82, 2.24) is 9.80 Å². The van der Waals surface area contributed by atoms with Gasteiger partial charge in [-0.3, -0.25) is 0 Å². The molecule has 2 nitrogen and oxygen atoms in total. The summed E-state index contributed by atoms with van der Waals surface area (Å²) in [5.41, 5.74) is 0.352. The van der Waals surface area contributed by atoms with Crippen molar-refractivity contribution < 1.29 is 0 Å². The molecule has 0 spiro atoms. The molecule has 0 N–H and O–H groups in total. The summed E-state index contributed by atoms with van der Waals surface area (Å²) in [5.74, 6) is 0.968. The second kappa shape index (κ2) is 4.86. The molecule has 1 aliphatic rings. The molecule has 0 aromatic heterocycles. The summed E-state index contributed by atoms with van der Waals surface area (Å²) in [6, 6.07) is 0.755. The third-order valence-corrected chi connectivity index (χ3v) is 3.91. The van der Waals surface area contributed by atoms with Gasteiger partial charge in [0.25, 0.3) is 0 Å². The molecule has 0 aliphatic carbocycles. The fourth-order valence-electron chi connectivity index (χ4n) is 2.03. The smallest absolute Gasteiger partial charge is 0.0229 e. The number of thiol groups is 1. The van der Waals surface area contributed by atoms with Gasteiger partial charge in [0.05, 0.1) is 0 Å². The van der Waals surface area contributed by atoms with E-state index in [0.29, 0.717) is 5.41 Å². The zero-order valence-electron chi connectivity index (χ0n) is 9.95. The van der Waals surface area contributed by atoms with E-state index in [1.165, 1.54) is 26.1 Å². The number of likely N-dealkylation sites (tertiary alicyclic amines) is 1. The molecule has 0 bridgehead atoms. The molecule has 14 heavy (non-hydrogen) atoms. The van der Waals surface area contributed by atoms with Gasteiger partial charge in [-0.15, -0.1) is 0 Å². The topological polar surface area (TPSA) is 6.48 Å². The predicted molar refractivity (Wildman–Crippen MR) is 66.2 cm³/mol. The molecule has 1 rings (SSSR count). The second-order valence-corrected chi connectivity index (χ2v) is 5.78. The first kappa shape index (κ1) is 12.3. The second-order valence-electron chi connectivity index (χ2n) is 5.46. The SMILES string of the molecule is CN(C)C1CCN(CC(C)(C)CS)C1. The molecule has 1 fully saturated rings. The van der Waals surface area contributed by atoms with Crippen LogP contribution in [0.1, 0.15) is 20.3 Å². The molecule has 0 radical (unpaired) electrons. The Labute approximate surface area is 94.1 Å². The third-order valence-electron chi connectivity index (χ3n) is 3.06. The number of rotatable bonds is 4. The van der Waals surface area contributed by atoms with Gasteiger partial charge in [-0.05, 0) is 38.2 Å². The van der Waals surface area contributed by atoms with Gasteiger partial charge in [-0.25, -0.2) is 0 Å². The molecule has 1 unspecified atom stereocenters. The molecule has 1 saturated heterocycles. The number of nitrogens with zero attached hydrogens (tertiary/aromatic N) is 2. The summed E-state index contributed by atoms with van der Waals surface area (Å²) in [6.07, 6.45) is 1.32. The monoisotopic (exact) mass is 216 g/mol. The maximum atomic E-state index is 4.40. The van der Waals surface area contributed by atoms with Crippen LogP contribution in [0.15, 0.2) is 0 Å². The molecule has 3 heteroatoms. The van der Waals surface area contributed by atoms with E-state index in [4.69, 9.17) is 0 Å². The van der Waals surface area contributed by atoms with E-state index in [-0.39, 0.29) is 0 Å². The Morgan fingerprint density at radius 3 is 2.50 bits per heavy atom. The van der Waals surface area contributed by atoms with E-state index >= 15 is 0 Å². The number of likely N-dealkylation sites (N-methyl/N-ethyl adjacent to an activating group) is 1. The van der Waals surface area contributed by atoms with Crippen LogP contribution >= 0.6 is 12.6 Å². The largest absolute Gasteiger partial charge is 0.305 e. The van der Waals surface area contributed by atoms with Gasteiger partial charge in [0.2, 0.25) is 0 Å². The average molecular weight is 216 g/mol. The summed E-state index contributed by atoms with van der Waals surface area (Å²) in [6.45, 7) is 8.25. The highest BCUT2D eigenvalue weighted by molar-refractivity contribution is 7.80. The van der Waals surface area contributed by atoms with Crippen molar-refractivity contribution in [1.29, 1.82) is 0 Å². The molecule has 0 aromatic carbocycles. The maximum absolute atomic E-state index is 4.40. The van der Waals surface area contributed by atoms with Crippen LogP contribution in [0, 0.1) is 5.41 Å². The quantitative estimate of drug-likeness (QED) is 0.713. The average Bonchev–Trinajstić information content (AvgIpc) is 2.52. The highest BCUT2D eigenvalue weighted by atomic mass is 32.1. The van der Waals surface area contributed by atoms with Crippen molar-refractivity contribution in [3.8, 4) is 0 Å². The summed E-state index contributed by atoms with van der Waals surface area (Å²) in [4.78, 5) is 4.91. The highest BCUT2D eigenvalue weighted by Gasteiger charge is 2.28. The molecule has 0 aromatic rings. The van der Waals surface area contributed by atoms with Crippen molar-refractivity contribution in [2.75, 3.05) is 39.5 Å². The van der Waals surface area contributed by atoms with Gasteiger partial charge in [0, 0.05) is 19.1 Å². The maximum Gasteiger partial charge on any atom is 0.0229 e. The fourth-order valence-corrected chi connectivity index (χ4v) is 2.13. The minimum Gasteiger partial charge on any atom is -0.305 e. The van der Waals surface area contributed by atoms with Crippen molar-refractivity contribution in [2.45, 2.75) is 26.3 Å². The molecule has 84 valence electrons. The summed E-state index contributed by atoms with van der Waals surface area (Å²) >= 11 is 4.40. The summed E-state index contributed by atoms with van der Waals surface area (Å²) < 4.78 is 0. The lowest BCUT2D eigenvalue weighted by Gasteiger charge is -2.29. The zero-order chi connectivity index (χ0) is 10.8. The van der Waals surface area contributed by atoms with Crippen LogP contribution in [0.25, 0.3) is 0 Å². The lowest BCUT2D eigenvalue weighted by Crippen LogP contribution is -2.37. The van der Waals surface area contributed by atoms with Crippen molar-refractivity contribution in [3.05, 3.63) is 0 Å². The summed E-state index contributed by atoms with van der Waals surface area (Å²) in [5, 5.41) is 0. The molecule has 0 amide bonds. The number of hydrogen-bond acceptors (Lipinski definition) is 3. The Kier molecular flexibility index (Phi) is 4.29. The molecule has 1 heterocycles. The molecule has 0 saturated carbocycles. The van der Waals surface area contributed by atoms with Crippen molar-refractivity contribution in [3.63, 3.8) is 0 Å². The molecule has 1 aliphatic heterocycles. The molecular weight excluding hydrogens is 192 g/mol. The van der Waals surface area contributed by atoms with Crippen LogP contribution in [-0.2, 0) is 0 Å². The lowest BCUT2D eigenvalue weighted by atomic mass is 9.96. The van der Waals surface area contributed by atoms with Gasteiger partial charge < -0.3 is 9.80 Å². The van der Waals surface area contributed by atoms with Gasteiger partial charge >= 0.3 is 0 Å². The van der Waals surface area contributed by atoms with E-state index in [0.717, 1.165) is 11.8 Å². The van der Waals surface area contributed by atoms with Crippen molar-refractivity contribution >= 4 is 12.6 Å². The van der Waals surface area contributed by atoms with Crippen LogP contribution in [0.2, 0.25) is 0 Å². The minimum absolute atomic E-state index is 0.352. The van der Waals surface area contributed by atoms with Gasteiger partial charge in [-0.1, -0.05) is 13.8 Å². The molecular formula is C11H24N2S. The first-order valence-corrected chi connectivity index (χ1v) is 6.07. The van der Waals surface area contributed by atoms with Gasteiger partial charge in [0.1, 0.15) is 0 Å².